The smallest absolute Gasteiger partial charge is 0.274 e. The number of H-pyrrole nitrogens is 1. The van der Waals surface area contributed by atoms with Crippen molar-refractivity contribution in [3.8, 4) is 0 Å². The van der Waals surface area contributed by atoms with Crippen LogP contribution in [0.2, 0.25) is 0 Å². The third-order valence-corrected chi connectivity index (χ3v) is 1.25. The topological polar surface area (TPSA) is 50.2 Å². The van der Waals surface area contributed by atoms with Gasteiger partial charge in [-0.2, -0.15) is 9.61 Å². The Morgan fingerprint density at radius 3 is 3.40 bits per heavy atom. The highest BCUT2D eigenvalue weighted by Gasteiger charge is 1.93. The van der Waals surface area contributed by atoms with Gasteiger partial charge in [-0.15, -0.1) is 0 Å². The van der Waals surface area contributed by atoms with E-state index in [1.165, 1.54) is 10.6 Å². The molecule has 0 saturated heterocycles. The summed E-state index contributed by atoms with van der Waals surface area (Å²) in [6, 6.07) is 3.02. The van der Waals surface area contributed by atoms with Gasteiger partial charge in [0.15, 0.2) is 0 Å². The van der Waals surface area contributed by atoms with Crippen LogP contribution in [0.15, 0.2) is 23.1 Å². The lowest BCUT2D eigenvalue weighted by atomic mass is 10.6. The minimum atomic E-state index is -0.144. The number of hydrogen-bond acceptors (Lipinski definition) is 2. The van der Waals surface area contributed by atoms with Crippen molar-refractivity contribution in [2.75, 3.05) is 0 Å². The van der Waals surface area contributed by atoms with Crippen molar-refractivity contribution in [1.29, 1.82) is 0 Å². The molecule has 0 amide bonds. The van der Waals surface area contributed by atoms with Crippen LogP contribution in [0.1, 0.15) is 0 Å². The van der Waals surface area contributed by atoms with Gasteiger partial charge in [0.25, 0.3) is 5.56 Å². The first kappa shape index (κ1) is 5.22. The van der Waals surface area contributed by atoms with Crippen LogP contribution in [-0.4, -0.2) is 14.6 Å². The first-order chi connectivity index (χ1) is 4.88. The van der Waals surface area contributed by atoms with Crippen molar-refractivity contribution in [2.24, 2.45) is 0 Å². The van der Waals surface area contributed by atoms with E-state index in [0.29, 0.717) is 5.65 Å². The standard InChI is InChI=1S/C6H4N3O/c10-6-2-3-7-5-1-4-8-9(5)6/h1-3,7H. The molecule has 0 aromatic carbocycles. The molecule has 0 unspecified atom stereocenters. The third kappa shape index (κ3) is 0.556. The number of rotatable bonds is 0. The van der Waals surface area contributed by atoms with E-state index in [-0.39, 0.29) is 5.56 Å². The molecule has 49 valence electrons. The molecule has 0 aliphatic heterocycles. The zero-order chi connectivity index (χ0) is 6.97. The summed E-state index contributed by atoms with van der Waals surface area (Å²) >= 11 is 0. The lowest BCUT2D eigenvalue weighted by Crippen LogP contribution is -2.12. The zero-order valence-corrected chi connectivity index (χ0v) is 5.03. The Morgan fingerprint density at radius 1 is 1.70 bits per heavy atom. The predicted molar refractivity (Wildman–Crippen MR) is 34.6 cm³/mol. The molecule has 2 aromatic heterocycles. The molecule has 2 aromatic rings. The first-order valence-corrected chi connectivity index (χ1v) is 2.81. The minimum absolute atomic E-state index is 0.144. The highest BCUT2D eigenvalue weighted by Crippen LogP contribution is 1.88. The normalized spacial score (nSPS) is 10.4. The highest BCUT2D eigenvalue weighted by molar-refractivity contribution is 5.33. The third-order valence-electron chi connectivity index (χ3n) is 1.25. The number of aromatic amines is 1. The molecule has 0 aliphatic rings. The molecule has 4 nitrogen and oxygen atoms in total. The van der Waals surface area contributed by atoms with Crippen LogP contribution < -0.4 is 5.56 Å². The maximum Gasteiger partial charge on any atom is 0.274 e. The molecule has 2 rings (SSSR count). The van der Waals surface area contributed by atoms with Gasteiger partial charge in [0, 0.05) is 18.3 Å². The Kier molecular flexibility index (Phi) is 0.887. The maximum absolute atomic E-state index is 10.9. The number of aromatic nitrogens is 3. The minimum Gasteiger partial charge on any atom is -0.346 e. The Morgan fingerprint density at radius 2 is 2.60 bits per heavy atom. The summed E-state index contributed by atoms with van der Waals surface area (Å²) in [6.07, 6.45) is 4.14. The average molecular weight is 134 g/mol. The van der Waals surface area contributed by atoms with Crippen molar-refractivity contribution >= 4 is 5.65 Å². The molecule has 1 radical (unpaired) electrons. The van der Waals surface area contributed by atoms with Crippen molar-refractivity contribution < 1.29 is 0 Å². The summed E-state index contributed by atoms with van der Waals surface area (Å²) in [5.41, 5.74) is 0.516. The lowest BCUT2D eigenvalue weighted by molar-refractivity contribution is 0.896. The molecule has 0 aliphatic carbocycles. The lowest BCUT2D eigenvalue weighted by Gasteiger charge is -1.87. The summed E-state index contributed by atoms with van der Waals surface area (Å²) < 4.78 is 1.25. The molecular weight excluding hydrogens is 130 g/mol. The molecular formula is C6H4N3O. The molecule has 4 heteroatoms. The van der Waals surface area contributed by atoms with E-state index in [4.69, 9.17) is 0 Å². The second-order valence-corrected chi connectivity index (χ2v) is 1.89. The summed E-state index contributed by atoms with van der Waals surface area (Å²) in [5.74, 6) is 0. The molecule has 1 N–H and O–H groups in total. The SMILES string of the molecule is O=c1cc[nH]c2c[c]nn12. The molecule has 2 heterocycles. The second-order valence-electron chi connectivity index (χ2n) is 1.89. The average Bonchev–Trinajstić information content (AvgIpc) is 2.36. The first-order valence-electron chi connectivity index (χ1n) is 2.81. The summed E-state index contributed by atoms with van der Waals surface area (Å²) in [5, 5.41) is 3.67. The highest BCUT2D eigenvalue weighted by atomic mass is 16.1. The largest absolute Gasteiger partial charge is 0.346 e. The van der Waals surface area contributed by atoms with Gasteiger partial charge in [-0.3, -0.25) is 4.79 Å². The monoisotopic (exact) mass is 134 g/mol. The van der Waals surface area contributed by atoms with E-state index >= 15 is 0 Å². The fourth-order valence-corrected chi connectivity index (χ4v) is 0.802. The van der Waals surface area contributed by atoms with E-state index in [1.807, 2.05) is 0 Å². The van der Waals surface area contributed by atoms with Crippen LogP contribution in [0.25, 0.3) is 5.65 Å². The molecule has 0 bridgehead atoms. The van der Waals surface area contributed by atoms with Gasteiger partial charge in [-0.1, -0.05) is 0 Å². The predicted octanol–water partition coefficient (Wildman–Crippen LogP) is -0.177. The molecule has 0 saturated carbocycles. The zero-order valence-electron chi connectivity index (χ0n) is 5.03. The summed E-state index contributed by atoms with van der Waals surface area (Å²) in [4.78, 5) is 13.7. The van der Waals surface area contributed by atoms with Gasteiger partial charge in [-0.05, 0) is 0 Å². The van der Waals surface area contributed by atoms with Gasteiger partial charge in [0.05, 0.1) is 0 Å². The maximum atomic E-state index is 10.9. The van der Waals surface area contributed by atoms with E-state index < -0.39 is 0 Å². The summed E-state index contributed by atoms with van der Waals surface area (Å²) in [7, 11) is 0. The van der Waals surface area contributed by atoms with Crippen molar-refractivity contribution in [1.82, 2.24) is 14.6 Å². The Balaban J connectivity index is 3.09. The molecule has 10 heavy (non-hydrogen) atoms. The quantitative estimate of drug-likeness (QED) is 0.543. The van der Waals surface area contributed by atoms with Crippen molar-refractivity contribution in [2.45, 2.75) is 0 Å². The molecule has 0 fully saturated rings. The van der Waals surface area contributed by atoms with E-state index in [9.17, 15) is 4.79 Å². The van der Waals surface area contributed by atoms with Crippen LogP contribution in [0, 0.1) is 6.20 Å². The fourth-order valence-electron chi connectivity index (χ4n) is 0.802. The van der Waals surface area contributed by atoms with E-state index in [1.54, 1.807) is 12.3 Å². The molecule has 0 atom stereocenters. The van der Waals surface area contributed by atoms with E-state index in [0.717, 1.165) is 0 Å². The Labute approximate surface area is 56.1 Å². The van der Waals surface area contributed by atoms with Gasteiger partial charge in [-0.25, -0.2) is 0 Å². The van der Waals surface area contributed by atoms with Crippen LogP contribution in [0.5, 0.6) is 0 Å². The van der Waals surface area contributed by atoms with E-state index in [2.05, 4.69) is 16.3 Å². The van der Waals surface area contributed by atoms with Crippen molar-refractivity contribution in [3.63, 3.8) is 0 Å². The van der Waals surface area contributed by atoms with Crippen LogP contribution in [-0.2, 0) is 0 Å². The van der Waals surface area contributed by atoms with Crippen LogP contribution in [0.3, 0.4) is 0 Å². The number of fused-ring (bicyclic) bond motifs is 1. The van der Waals surface area contributed by atoms with Gasteiger partial charge in [0.2, 0.25) is 0 Å². The summed E-state index contributed by atoms with van der Waals surface area (Å²) in [6.45, 7) is 0. The number of nitrogens with one attached hydrogen (secondary N) is 1. The Bertz CT molecular complexity index is 400. The van der Waals surface area contributed by atoms with Crippen molar-refractivity contribution in [3.05, 3.63) is 34.9 Å². The number of hydrogen-bond donors (Lipinski definition) is 1. The van der Waals surface area contributed by atoms with Gasteiger partial charge in [0.1, 0.15) is 11.8 Å². The van der Waals surface area contributed by atoms with Crippen LogP contribution >= 0.6 is 0 Å². The van der Waals surface area contributed by atoms with Gasteiger partial charge >= 0.3 is 0 Å². The van der Waals surface area contributed by atoms with Crippen LogP contribution in [0.4, 0.5) is 0 Å². The Hall–Kier alpha value is -1.58. The van der Waals surface area contributed by atoms with Gasteiger partial charge < -0.3 is 4.98 Å². The fraction of sp³-hybridized carbons (Fsp3) is 0. The second kappa shape index (κ2) is 1.70. The number of nitrogens with zero attached hydrogens (tertiary/aromatic N) is 2. The molecule has 0 spiro atoms.